The van der Waals surface area contributed by atoms with Crippen LogP contribution in [-0.2, 0) is 6.54 Å². The minimum absolute atomic E-state index is 0.499. The Morgan fingerprint density at radius 3 is 2.90 bits per heavy atom. The highest BCUT2D eigenvalue weighted by Crippen LogP contribution is 2.21. The lowest BCUT2D eigenvalue weighted by atomic mass is 10.1. The molecule has 1 aliphatic heterocycles. The summed E-state index contributed by atoms with van der Waals surface area (Å²) in [5.41, 5.74) is 1.31. The normalized spacial score (nSPS) is 20.6. The second kappa shape index (κ2) is 7.04. The van der Waals surface area contributed by atoms with Gasteiger partial charge < -0.3 is 10.2 Å². The van der Waals surface area contributed by atoms with Crippen molar-refractivity contribution >= 4 is 5.82 Å². The molecule has 4 heteroatoms. The molecule has 20 heavy (non-hydrogen) atoms. The van der Waals surface area contributed by atoms with Gasteiger partial charge in [0.05, 0.1) is 0 Å². The third kappa shape index (κ3) is 3.70. The van der Waals surface area contributed by atoms with Gasteiger partial charge in [0, 0.05) is 50.0 Å². The fourth-order valence-electron chi connectivity index (χ4n) is 2.75. The molecule has 0 radical (unpaired) electrons. The van der Waals surface area contributed by atoms with Gasteiger partial charge in [0.15, 0.2) is 0 Å². The van der Waals surface area contributed by atoms with Crippen LogP contribution in [-0.4, -0.2) is 48.6 Å². The van der Waals surface area contributed by atoms with E-state index >= 15 is 0 Å². The van der Waals surface area contributed by atoms with E-state index in [-0.39, 0.29) is 0 Å². The monoisotopic (exact) mass is 276 g/mol. The van der Waals surface area contributed by atoms with Crippen LogP contribution in [0.25, 0.3) is 0 Å². The highest BCUT2D eigenvalue weighted by Gasteiger charge is 2.24. The number of hydrogen-bond donors (Lipinski definition) is 1. The number of piperazine rings is 1. The van der Waals surface area contributed by atoms with Crippen LogP contribution in [0.5, 0.6) is 0 Å². The van der Waals surface area contributed by atoms with Crippen LogP contribution >= 0.6 is 0 Å². The minimum Gasteiger partial charge on any atom is -0.353 e. The first-order chi connectivity index (χ1) is 9.61. The zero-order valence-corrected chi connectivity index (χ0v) is 13.3. The van der Waals surface area contributed by atoms with Gasteiger partial charge in [-0.15, -0.1) is 0 Å². The van der Waals surface area contributed by atoms with Gasteiger partial charge in [-0.3, -0.25) is 4.90 Å². The zero-order chi connectivity index (χ0) is 14.5. The second-order valence-electron chi connectivity index (χ2n) is 6.01. The van der Waals surface area contributed by atoms with Gasteiger partial charge in [0.2, 0.25) is 0 Å². The highest BCUT2D eigenvalue weighted by molar-refractivity contribution is 5.47. The largest absolute Gasteiger partial charge is 0.353 e. The molecular weight excluding hydrogens is 248 g/mol. The quantitative estimate of drug-likeness (QED) is 0.892. The summed E-state index contributed by atoms with van der Waals surface area (Å²) in [6.07, 6.45) is 3.10. The number of pyridine rings is 1. The standard InChI is InChI=1S/C16H28N4/c1-5-15-12-20(10-9-19(15)4)16-14(7-6-8-17-16)11-18-13(2)3/h6-8,13,15,18H,5,9-12H2,1-4H3. The predicted octanol–water partition coefficient (Wildman–Crippen LogP) is 2.11. The SMILES string of the molecule is CCC1CN(c2ncccc2CNC(C)C)CCN1C. The number of nitrogens with zero attached hydrogens (tertiary/aromatic N) is 3. The molecule has 1 aromatic heterocycles. The van der Waals surface area contributed by atoms with Crippen LogP contribution in [0.15, 0.2) is 18.3 Å². The van der Waals surface area contributed by atoms with Crippen molar-refractivity contribution in [1.29, 1.82) is 0 Å². The third-order valence-corrected chi connectivity index (χ3v) is 4.12. The zero-order valence-electron chi connectivity index (χ0n) is 13.3. The van der Waals surface area contributed by atoms with E-state index in [1.54, 1.807) is 0 Å². The molecule has 112 valence electrons. The molecule has 1 unspecified atom stereocenters. The first-order valence-corrected chi connectivity index (χ1v) is 7.74. The van der Waals surface area contributed by atoms with E-state index in [0.717, 1.165) is 32.0 Å². The van der Waals surface area contributed by atoms with Gasteiger partial charge >= 0.3 is 0 Å². The molecule has 1 fully saturated rings. The van der Waals surface area contributed by atoms with Crippen molar-refractivity contribution in [2.24, 2.45) is 0 Å². The summed E-state index contributed by atoms with van der Waals surface area (Å²) < 4.78 is 0. The summed E-state index contributed by atoms with van der Waals surface area (Å²) in [6, 6.07) is 5.36. The Balaban J connectivity index is 2.11. The van der Waals surface area contributed by atoms with Crippen molar-refractivity contribution in [2.45, 2.75) is 45.8 Å². The minimum atomic E-state index is 0.499. The van der Waals surface area contributed by atoms with Crippen LogP contribution in [0.2, 0.25) is 0 Å². The average molecular weight is 276 g/mol. The maximum Gasteiger partial charge on any atom is 0.133 e. The van der Waals surface area contributed by atoms with Gasteiger partial charge in [-0.05, 0) is 19.5 Å². The molecule has 0 aliphatic carbocycles. The number of aromatic nitrogens is 1. The van der Waals surface area contributed by atoms with E-state index in [1.165, 1.54) is 12.0 Å². The predicted molar refractivity (Wildman–Crippen MR) is 85.1 cm³/mol. The van der Waals surface area contributed by atoms with Crippen LogP contribution in [0.3, 0.4) is 0 Å². The molecule has 0 bridgehead atoms. The Bertz CT molecular complexity index is 419. The molecule has 0 saturated carbocycles. The van der Waals surface area contributed by atoms with E-state index in [1.807, 2.05) is 12.3 Å². The van der Waals surface area contributed by atoms with Crippen molar-refractivity contribution in [3.63, 3.8) is 0 Å². The summed E-state index contributed by atoms with van der Waals surface area (Å²) in [5, 5.41) is 3.50. The fraction of sp³-hybridized carbons (Fsp3) is 0.688. The third-order valence-electron chi connectivity index (χ3n) is 4.12. The van der Waals surface area contributed by atoms with Crippen molar-refractivity contribution in [2.75, 3.05) is 31.6 Å². The Labute approximate surface area is 123 Å². The van der Waals surface area contributed by atoms with Gasteiger partial charge in [0.1, 0.15) is 5.82 Å². The van der Waals surface area contributed by atoms with Gasteiger partial charge in [-0.2, -0.15) is 0 Å². The van der Waals surface area contributed by atoms with Crippen molar-refractivity contribution in [3.05, 3.63) is 23.9 Å². The maximum atomic E-state index is 4.64. The number of hydrogen-bond acceptors (Lipinski definition) is 4. The molecule has 1 aromatic rings. The molecule has 0 amide bonds. The summed E-state index contributed by atoms with van der Waals surface area (Å²) in [7, 11) is 2.23. The van der Waals surface area contributed by atoms with Crippen molar-refractivity contribution in [1.82, 2.24) is 15.2 Å². The smallest absolute Gasteiger partial charge is 0.133 e. The highest BCUT2D eigenvalue weighted by atomic mass is 15.3. The molecule has 1 N–H and O–H groups in total. The van der Waals surface area contributed by atoms with Crippen LogP contribution in [0, 0.1) is 0 Å². The molecule has 4 nitrogen and oxygen atoms in total. The van der Waals surface area contributed by atoms with Gasteiger partial charge in [0.25, 0.3) is 0 Å². The Hall–Kier alpha value is -1.13. The fourth-order valence-corrected chi connectivity index (χ4v) is 2.75. The van der Waals surface area contributed by atoms with Crippen molar-refractivity contribution in [3.8, 4) is 0 Å². The maximum absolute atomic E-state index is 4.64. The molecule has 0 aromatic carbocycles. The van der Waals surface area contributed by atoms with Crippen LogP contribution in [0.4, 0.5) is 5.82 Å². The van der Waals surface area contributed by atoms with Gasteiger partial charge in [-0.1, -0.05) is 26.8 Å². The summed E-state index contributed by atoms with van der Waals surface area (Å²) in [5.74, 6) is 1.16. The molecule has 0 spiro atoms. The average Bonchev–Trinajstić information content (AvgIpc) is 2.46. The molecule has 2 heterocycles. The Morgan fingerprint density at radius 2 is 2.20 bits per heavy atom. The summed E-state index contributed by atoms with van der Waals surface area (Å²) >= 11 is 0. The Morgan fingerprint density at radius 1 is 1.40 bits per heavy atom. The number of likely N-dealkylation sites (N-methyl/N-ethyl adjacent to an activating group) is 1. The van der Waals surface area contributed by atoms with E-state index in [9.17, 15) is 0 Å². The van der Waals surface area contributed by atoms with Gasteiger partial charge in [-0.25, -0.2) is 4.98 Å². The molecular formula is C16H28N4. The molecule has 1 aliphatic rings. The first kappa shape index (κ1) is 15.3. The molecule has 2 rings (SSSR count). The first-order valence-electron chi connectivity index (χ1n) is 7.74. The van der Waals surface area contributed by atoms with Crippen LogP contribution in [0.1, 0.15) is 32.8 Å². The number of nitrogens with one attached hydrogen (secondary N) is 1. The Kier molecular flexibility index (Phi) is 5.38. The lowest BCUT2D eigenvalue weighted by Crippen LogP contribution is -2.51. The molecule has 1 saturated heterocycles. The summed E-state index contributed by atoms with van der Waals surface area (Å²) in [6.45, 7) is 10.8. The van der Waals surface area contributed by atoms with Crippen molar-refractivity contribution < 1.29 is 0 Å². The second-order valence-corrected chi connectivity index (χ2v) is 6.01. The lowest BCUT2D eigenvalue weighted by Gasteiger charge is -2.40. The summed E-state index contributed by atoms with van der Waals surface area (Å²) in [4.78, 5) is 9.56. The number of anilines is 1. The lowest BCUT2D eigenvalue weighted by molar-refractivity contribution is 0.212. The van der Waals surface area contributed by atoms with E-state index in [4.69, 9.17) is 0 Å². The topological polar surface area (TPSA) is 31.4 Å². The van der Waals surface area contributed by atoms with E-state index in [0.29, 0.717) is 12.1 Å². The van der Waals surface area contributed by atoms with E-state index < -0.39 is 0 Å². The number of rotatable bonds is 5. The van der Waals surface area contributed by atoms with Crippen LogP contribution < -0.4 is 10.2 Å². The van der Waals surface area contributed by atoms with E-state index in [2.05, 4.69) is 54.0 Å². The molecule has 1 atom stereocenters.